The first-order chi connectivity index (χ1) is 21.3. The normalized spacial score (nSPS) is 44.1. The third kappa shape index (κ3) is 9.08. The maximum atomic E-state index is 12.5. The first-order valence-corrected chi connectivity index (χ1v) is 15.8. The lowest BCUT2D eigenvalue weighted by molar-refractivity contribution is -0.395. The molecule has 3 heterocycles. The molecule has 3 aliphatic rings. The molecule has 0 saturated carbocycles. The van der Waals surface area contributed by atoms with Gasteiger partial charge in [-0.3, -0.25) is 4.79 Å². The molecular formula is C29H53NO15. The molecule has 0 unspecified atom stereocenters. The number of unbranched alkanes of at least 4 members (excludes halogenated alkanes) is 5. The van der Waals surface area contributed by atoms with E-state index >= 15 is 0 Å². The van der Waals surface area contributed by atoms with Gasteiger partial charge in [-0.05, 0) is 20.3 Å². The molecule has 16 nitrogen and oxygen atoms in total. The molecule has 3 aliphatic heterocycles. The van der Waals surface area contributed by atoms with Gasteiger partial charge in [0, 0.05) is 13.5 Å². The number of aliphatic hydroxyl groups is 8. The standard InChI is InChI=1S/C29H53NO15/c1-5-6-7-8-9-10-11-40-28-24(30-15(3)33)29(4,45-27-23(39)20(36)18(34)14(2)41-27)25(17(13-32)43-28)44-26-22(38)21(37)19(35)16(12-31)42-26/h14,16-28,31-32,34-39H,5-13H2,1-4H3,(H,30,33)/t14-,16+,17+,18+,19-,20+,21-,22+,23-,24-,25+,26-,27-,28+,29+/m0/s1. The Hall–Kier alpha value is -1.09. The Kier molecular flexibility index (Phi) is 14.8. The molecule has 0 aliphatic carbocycles. The van der Waals surface area contributed by atoms with E-state index in [1.165, 1.54) is 20.8 Å². The molecule has 9 N–H and O–H groups in total. The zero-order valence-electron chi connectivity index (χ0n) is 26.4. The van der Waals surface area contributed by atoms with Crippen LogP contribution in [0.15, 0.2) is 0 Å². The fraction of sp³-hybridized carbons (Fsp3) is 0.966. The van der Waals surface area contributed by atoms with Crippen molar-refractivity contribution in [2.45, 2.75) is 158 Å². The van der Waals surface area contributed by atoms with Gasteiger partial charge in [0.05, 0.1) is 19.3 Å². The number of nitrogens with one attached hydrogen (secondary N) is 1. The summed E-state index contributed by atoms with van der Waals surface area (Å²) in [4.78, 5) is 12.5. The Bertz CT molecular complexity index is 900. The average Bonchev–Trinajstić information content (AvgIpc) is 3.00. The lowest BCUT2D eigenvalue weighted by Gasteiger charge is -2.55. The van der Waals surface area contributed by atoms with Gasteiger partial charge in [0.25, 0.3) is 0 Å². The van der Waals surface area contributed by atoms with Gasteiger partial charge in [-0.2, -0.15) is 0 Å². The molecule has 45 heavy (non-hydrogen) atoms. The van der Waals surface area contributed by atoms with E-state index in [9.17, 15) is 45.6 Å². The molecule has 1 amide bonds. The topological polar surface area (TPSA) is 246 Å². The Morgan fingerprint density at radius 3 is 1.96 bits per heavy atom. The van der Waals surface area contributed by atoms with Gasteiger partial charge in [-0.25, -0.2) is 0 Å². The van der Waals surface area contributed by atoms with Crippen molar-refractivity contribution < 1.29 is 74.1 Å². The Labute approximate surface area is 263 Å². The van der Waals surface area contributed by atoms with E-state index in [4.69, 9.17) is 28.4 Å². The number of rotatable bonds is 15. The van der Waals surface area contributed by atoms with Crippen LogP contribution in [-0.4, -0.2) is 158 Å². The van der Waals surface area contributed by atoms with E-state index < -0.39 is 111 Å². The van der Waals surface area contributed by atoms with E-state index in [1.54, 1.807) is 0 Å². The lowest BCUT2D eigenvalue weighted by Crippen LogP contribution is -2.75. The van der Waals surface area contributed by atoms with Crippen molar-refractivity contribution in [1.29, 1.82) is 0 Å². The van der Waals surface area contributed by atoms with E-state index in [-0.39, 0.29) is 6.61 Å². The van der Waals surface area contributed by atoms with E-state index in [0.29, 0.717) is 6.42 Å². The third-order valence-corrected chi connectivity index (χ3v) is 8.73. The smallest absolute Gasteiger partial charge is 0.217 e. The summed E-state index contributed by atoms with van der Waals surface area (Å²) in [5, 5.41) is 85.7. The van der Waals surface area contributed by atoms with E-state index in [0.717, 1.165) is 32.1 Å². The molecule has 15 atom stereocenters. The highest BCUT2D eigenvalue weighted by Gasteiger charge is 2.61. The number of carbonyl (C=O) groups excluding carboxylic acids is 1. The van der Waals surface area contributed by atoms with Crippen molar-refractivity contribution in [2.75, 3.05) is 19.8 Å². The van der Waals surface area contributed by atoms with Crippen molar-refractivity contribution in [2.24, 2.45) is 0 Å². The molecule has 3 saturated heterocycles. The molecule has 3 rings (SSSR count). The van der Waals surface area contributed by atoms with E-state index in [2.05, 4.69) is 12.2 Å². The molecule has 0 bridgehead atoms. The predicted molar refractivity (Wildman–Crippen MR) is 153 cm³/mol. The maximum absolute atomic E-state index is 12.5. The third-order valence-electron chi connectivity index (χ3n) is 8.73. The van der Waals surface area contributed by atoms with Crippen LogP contribution in [0, 0.1) is 0 Å². The molecule has 264 valence electrons. The number of hydrogen-bond donors (Lipinski definition) is 9. The van der Waals surface area contributed by atoms with E-state index in [1.807, 2.05) is 0 Å². The van der Waals surface area contributed by atoms with Crippen LogP contribution in [-0.2, 0) is 33.2 Å². The monoisotopic (exact) mass is 655 g/mol. The van der Waals surface area contributed by atoms with Crippen LogP contribution >= 0.6 is 0 Å². The highest BCUT2D eigenvalue weighted by Crippen LogP contribution is 2.40. The van der Waals surface area contributed by atoms with Gasteiger partial charge < -0.3 is 74.6 Å². The first-order valence-electron chi connectivity index (χ1n) is 15.8. The van der Waals surface area contributed by atoms with Gasteiger partial charge >= 0.3 is 0 Å². The molecule has 0 aromatic rings. The Morgan fingerprint density at radius 1 is 0.756 bits per heavy atom. The summed E-state index contributed by atoms with van der Waals surface area (Å²) in [6.45, 7) is 5.07. The molecule has 0 spiro atoms. The highest BCUT2D eigenvalue weighted by atomic mass is 16.8. The molecule has 0 radical (unpaired) electrons. The maximum Gasteiger partial charge on any atom is 0.217 e. The fourth-order valence-electron chi connectivity index (χ4n) is 5.97. The van der Waals surface area contributed by atoms with Crippen LogP contribution in [0.1, 0.15) is 66.2 Å². The quantitative estimate of drug-likeness (QED) is 0.0820. The minimum absolute atomic E-state index is 0.226. The number of ether oxygens (including phenoxy) is 6. The second-order valence-electron chi connectivity index (χ2n) is 12.3. The summed E-state index contributed by atoms with van der Waals surface area (Å²) in [5.74, 6) is -0.533. The SMILES string of the molecule is CCCCCCCCO[C@@H]1O[C@H](CO)[C@@H](O[C@@H]2O[C@H](CO)[C@H](O)[C@H](O)[C@H]2O)[C@](C)(O[C@@H]2O[C@@H](C)[C@@H](O)[C@@H](O)[C@@H]2O)[C@H]1NC(C)=O. The van der Waals surface area contributed by atoms with Gasteiger partial charge in [0.1, 0.15) is 66.6 Å². The minimum atomic E-state index is -1.85. The molecular weight excluding hydrogens is 602 g/mol. The predicted octanol–water partition coefficient (Wildman–Crippen LogP) is -2.63. The van der Waals surface area contributed by atoms with Crippen LogP contribution < -0.4 is 5.32 Å². The van der Waals surface area contributed by atoms with Crippen molar-refractivity contribution in [3.8, 4) is 0 Å². The number of carbonyl (C=O) groups is 1. The van der Waals surface area contributed by atoms with Crippen molar-refractivity contribution in [3.63, 3.8) is 0 Å². The van der Waals surface area contributed by atoms with Gasteiger partial charge in [0.2, 0.25) is 5.91 Å². The summed E-state index contributed by atoms with van der Waals surface area (Å²) < 4.78 is 35.8. The summed E-state index contributed by atoms with van der Waals surface area (Å²) in [6.07, 6.45) is -13.9. The van der Waals surface area contributed by atoms with Crippen LogP contribution in [0.5, 0.6) is 0 Å². The number of amides is 1. The zero-order valence-corrected chi connectivity index (χ0v) is 26.4. The van der Waals surface area contributed by atoms with Crippen LogP contribution in [0.25, 0.3) is 0 Å². The van der Waals surface area contributed by atoms with Crippen molar-refractivity contribution in [1.82, 2.24) is 5.32 Å². The first kappa shape index (κ1) is 38.4. The summed E-state index contributed by atoms with van der Waals surface area (Å²) in [7, 11) is 0. The Morgan fingerprint density at radius 2 is 1.33 bits per heavy atom. The molecule has 3 fully saturated rings. The molecule has 0 aromatic heterocycles. The van der Waals surface area contributed by atoms with Gasteiger partial charge in [0.15, 0.2) is 18.9 Å². The largest absolute Gasteiger partial charge is 0.394 e. The van der Waals surface area contributed by atoms with Crippen LogP contribution in [0.3, 0.4) is 0 Å². The van der Waals surface area contributed by atoms with Crippen molar-refractivity contribution in [3.05, 3.63) is 0 Å². The molecule has 0 aromatic carbocycles. The highest BCUT2D eigenvalue weighted by molar-refractivity contribution is 5.73. The van der Waals surface area contributed by atoms with Gasteiger partial charge in [-0.15, -0.1) is 0 Å². The Balaban J connectivity index is 1.96. The minimum Gasteiger partial charge on any atom is -0.394 e. The zero-order chi connectivity index (χ0) is 33.5. The lowest BCUT2D eigenvalue weighted by atomic mass is 9.82. The number of hydrogen-bond acceptors (Lipinski definition) is 15. The van der Waals surface area contributed by atoms with Gasteiger partial charge in [-0.1, -0.05) is 39.0 Å². The average molecular weight is 656 g/mol. The van der Waals surface area contributed by atoms with Crippen LogP contribution in [0.4, 0.5) is 0 Å². The second-order valence-corrected chi connectivity index (χ2v) is 12.3. The second kappa shape index (κ2) is 17.3. The molecule has 16 heteroatoms. The summed E-state index contributed by atoms with van der Waals surface area (Å²) in [5.41, 5.74) is -1.85. The summed E-state index contributed by atoms with van der Waals surface area (Å²) in [6, 6.07) is -1.22. The number of aliphatic hydroxyl groups excluding tert-OH is 8. The fourth-order valence-corrected chi connectivity index (χ4v) is 5.97. The summed E-state index contributed by atoms with van der Waals surface area (Å²) >= 11 is 0. The van der Waals surface area contributed by atoms with Crippen molar-refractivity contribution >= 4 is 5.91 Å². The van der Waals surface area contributed by atoms with Crippen LogP contribution in [0.2, 0.25) is 0 Å².